The van der Waals surface area contributed by atoms with Gasteiger partial charge in [-0.3, -0.25) is 0 Å². The van der Waals surface area contributed by atoms with E-state index < -0.39 is 17.8 Å². The molecule has 1 aliphatic carbocycles. The number of aliphatic hydroxyl groups is 2. The van der Waals surface area contributed by atoms with Gasteiger partial charge in [0.2, 0.25) is 6.54 Å². The molecule has 0 aromatic carbocycles. The van der Waals surface area contributed by atoms with Crippen molar-refractivity contribution in [2.24, 2.45) is 0 Å². The van der Waals surface area contributed by atoms with Crippen molar-refractivity contribution in [1.82, 2.24) is 0 Å². The summed E-state index contributed by atoms with van der Waals surface area (Å²) in [6, 6.07) is 0. The number of nitrogens with zero attached hydrogens (tertiary/aromatic N) is 1. The normalized spacial score (nSPS) is 50.6. The van der Waals surface area contributed by atoms with Crippen LogP contribution in [0.5, 0.6) is 0 Å². The van der Waals surface area contributed by atoms with E-state index in [9.17, 15) is 10.2 Å². The van der Waals surface area contributed by atoms with Gasteiger partial charge in [-0.15, -0.1) is 0 Å². The zero-order valence-electron chi connectivity index (χ0n) is 10.3. The zero-order chi connectivity index (χ0) is 12.8. The molecule has 2 saturated heterocycles. The Kier molecular flexibility index (Phi) is 3.07. The van der Waals surface area contributed by atoms with Gasteiger partial charge in [0, 0.05) is 19.3 Å². The molecule has 6 atom stereocenters. The van der Waals surface area contributed by atoms with Gasteiger partial charge in [-0.1, -0.05) is 0 Å². The number of hydrogen-bond acceptors (Lipinski definition) is 4. The molecule has 0 aromatic heterocycles. The fourth-order valence-corrected chi connectivity index (χ4v) is 3.64. The second-order valence-electron chi connectivity index (χ2n) is 5.68. The van der Waals surface area contributed by atoms with Crippen molar-refractivity contribution >= 4 is 0 Å². The lowest BCUT2D eigenvalue weighted by atomic mass is 9.76. The van der Waals surface area contributed by atoms with E-state index >= 15 is 0 Å². The topological polar surface area (TPSA) is 63.3 Å². The molecule has 3 fully saturated rings. The van der Waals surface area contributed by atoms with Gasteiger partial charge in [0.05, 0.1) is 30.0 Å². The maximum Gasteiger partial charge on any atom is 0.217 e. The van der Waals surface area contributed by atoms with Gasteiger partial charge in [0.25, 0.3) is 0 Å². The summed E-state index contributed by atoms with van der Waals surface area (Å²) in [5, 5.41) is 19.7. The minimum absolute atomic E-state index is 0.00140. The second kappa shape index (κ2) is 4.46. The summed E-state index contributed by atoms with van der Waals surface area (Å²) in [4.78, 5) is 3.37. The van der Waals surface area contributed by atoms with Crippen molar-refractivity contribution in [3.05, 3.63) is 11.4 Å². The zero-order valence-corrected chi connectivity index (χ0v) is 10.3. The highest BCUT2D eigenvalue weighted by atomic mass is 16.6. The first-order valence-electron chi connectivity index (χ1n) is 6.67. The summed E-state index contributed by atoms with van der Waals surface area (Å²) in [6.07, 6.45) is 1.94. The Labute approximate surface area is 107 Å². The van der Waals surface area contributed by atoms with Gasteiger partial charge < -0.3 is 24.5 Å². The molecule has 5 heteroatoms. The van der Waals surface area contributed by atoms with Crippen LogP contribution in [0.3, 0.4) is 0 Å². The molecule has 3 rings (SSSR count). The van der Waals surface area contributed by atoms with Crippen LogP contribution in [0.1, 0.15) is 32.1 Å². The van der Waals surface area contributed by atoms with Gasteiger partial charge in [-0.2, -0.15) is 0 Å². The third-order valence-corrected chi connectivity index (χ3v) is 4.52. The Morgan fingerprint density at radius 3 is 2.89 bits per heavy atom. The van der Waals surface area contributed by atoms with Crippen LogP contribution in [-0.4, -0.2) is 52.9 Å². The minimum atomic E-state index is -0.786. The molecule has 100 valence electrons. The average Bonchev–Trinajstić information content (AvgIpc) is 2.68. The molecule has 0 amide bonds. The van der Waals surface area contributed by atoms with E-state index in [-0.39, 0.29) is 18.3 Å². The lowest BCUT2D eigenvalue weighted by Crippen LogP contribution is -2.54. The van der Waals surface area contributed by atoms with Crippen LogP contribution in [0, 0.1) is 6.57 Å². The van der Waals surface area contributed by atoms with Crippen LogP contribution in [0.4, 0.5) is 0 Å². The van der Waals surface area contributed by atoms with E-state index in [0.29, 0.717) is 19.4 Å². The van der Waals surface area contributed by atoms with E-state index in [0.717, 1.165) is 19.3 Å². The fraction of sp³-hybridized carbons (Fsp3) is 0.923. The highest BCUT2D eigenvalue weighted by molar-refractivity contribution is 5.09. The number of ether oxygens (including phenoxy) is 2. The molecule has 0 radical (unpaired) electrons. The quantitative estimate of drug-likeness (QED) is 0.703. The van der Waals surface area contributed by atoms with Crippen LogP contribution in [0.2, 0.25) is 0 Å². The monoisotopic (exact) mass is 253 g/mol. The van der Waals surface area contributed by atoms with Gasteiger partial charge in [-0.25, -0.2) is 6.57 Å². The molecule has 0 aromatic rings. The highest BCUT2D eigenvalue weighted by Gasteiger charge is 2.59. The lowest BCUT2D eigenvalue weighted by Gasteiger charge is -2.44. The molecule has 2 aliphatic heterocycles. The van der Waals surface area contributed by atoms with Crippen molar-refractivity contribution in [3.63, 3.8) is 0 Å². The minimum Gasteiger partial charge on any atom is -0.390 e. The fourth-order valence-electron chi connectivity index (χ4n) is 3.64. The molecule has 2 heterocycles. The van der Waals surface area contributed by atoms with E-state index in [1.54, 1.807) is 0 Å². The molecule has 5 nitrogen and oxygen atoms in total. The largest absolute Gasteiger partial charge is 0.390 e. The summed E-state index contributed by atoms with van der Waals surface area (Å²) >= 11 is 0. The molecule has 3 aliphatic rings. The van der Waals surface area contributed by atoms with E-state index in [2.05, 4.69) is 4.85 Å². The maximum absolute atomic E-state index is 9.90. The van der Waals surface area contributed by atoms with Crippen molar-refractivity contribution in [1.29, 1.82) is 0 Å². The summed E-state index contributed by atoms with van der Waals surface area (Å²) in [5.41, 5.74) is -0.422. The first-order chi connectivity index (χ1) is 8.64. The van der Waals surface area contributed by atoms with Crippen molar-refractivity contribution < 1.29 is 19.7 Å². The van der Waals surface area contributed by atoms with Gasteiger partial charge in [0.15, 0.2) is 0 Å². The molecular formula is C13H19NO4. The second-order valence-corrected chi connectivity index (χ2v) is 5.68. The summed E-state index contributed by atoms with van der Waals surface area (Å²) in [7, 11) is 0. The third kappa shape index (κ3) is 1.84. The van der Waals surface area contributed by atoms with E-state index in [1.807, 2.05) is 0 Å². The van der Waals surface area contributed by atoms with Crippen LogP contribution >= 0.6 is 0 Å². The van der Waals surface area contributed by atoms with Crippen molar-refractivity contribution in [2.75, 3.05) is 6.54 Å². The van der Waals surface area contributed by atoms with E-state index in [4.69, 9.17) is 16.0 Å². The predicted molar refractivity (Wildman–Crippen MR) is 62.8 cm³/mol. The molecule has 18 heavy (non-hydrogen) atoms. The van der Waals surface area contributed by atoms with Gasteiger partial charge >= 0.3 is 0 Å². The van der Waals surface area contributed by atoms with Crippen LogP contribution < -0.4 is 0 Å². The molecular weight excluding hydrogens is 234 g/mol. The van der Waals surface area contributed by atoms with Crippen LogP contribution in [0.15, 0.2) is 0 Å². The Morgan fingerprint density at radius 1 is 1.28 bits per heavy atom. The standard InChI is InChI=1S/C13H19NO4/c1-14-5-4-8-2-3-11-13(18-8)6-9(15)12(16)10(7-13)17-11/h8-12,15-16H,2-7H2/t8-,9-,10+,11+,12-,13+/m1/s1. The highest BCUT2D eigenvalue weighted by Crippen LogP contribution is 2.49. The number of rotatable bonds is 2. The Bertz CT molecular complexity index is 368. The first kappa shape index (κ1) is 12.4. The molecule has 1 spiro atoms. The Morgan fingerprint density at radius 2 is 2.11 bits per heavy atom. The van der Waals surface area contributed by atoms with Crippen molar-refractivity contribution in [2.45, 2.75) is 68.2 Å². The summed E-state index contributed by atoms with van der Waals surface area (Å²) in [6.45, 7) is 7.32. The number of aliphatic hydroxyl groups excluding tert-OH is 2. The van der Waals surface area contributed by atoms with Crippen molar-refractivity contribution in [3.8, 4) is 0 Å². The summed E-state index contributed by atoms with van der Waals surface area (Å²) in [5.74, 6) is 0. The lowest BCUT2D eigenvalue weighted by molar-refractivity contribution is -0.177. The Hall–Kier alpha value is -0.670. The molecule has 2 N–H and O–H groups in total. The third-order valence-electron chi connectivity index (χ3n) is 4.52. The number of fused-ring (bicyclic) bond motifs is 1. The Balaban J connectivity index is 1.74. The summed E-state index contributed by atoms with van der Waals surface area (Å²) < 4.78 is 12.0. The van der Waals surface area contributed by atoms with Gasteiger partial charge in [0.1, 0.15) is 6.10 Å². The van der Waals surface area contributed by atoms with Crippen LogP contribution in [-0.2, 0) is 9.47 Å². The maximum atomic E-state index is 9.90. The number of hydrogen-bond donors (Lipinski definition) is 2. The first-order valence-corrected chi connectivity index (χ1v) is 6.67. The average molecular weight is 253 g/mol. The molecule has 2 bridgehead atoms. The molecule has 0 unspecified atom stereocenters. The molecule has 1 saturated carbocycles. The predicted octanol–water partition coefficient (Wildman–Crippen LogP) is 0.497. The van der Waals surface area contributed by atoms with E-state index in [1.165, 1.54) is 0 Å². The SMILES string of the molecule is [C-]#[N+]CC[C@H]1CC[C@@H]2O[C@H]3C[C@]2(C[C@@H](O)[C@H]3O)O1. The van der Waals surface area contributed by atoms with Crippen LogP contribution in [0.25, 0.3) is 4.85 Å². The van der Waals surface area contributed by atoms with Gasteiger partial charge in [-0.05, 0) is 12.8 Å². The smallest absolute Gasteiger partial charge is 0.217 e.